The lowest BCUT2D eigenvalue weighted by molar-refractivity contribution is -0.141. The lowest BCUT2D eigenvalue weighted by Crippen LogP contribution is -2.22. The third-order valence-electron chi connectivity index (χ3n) is 4.96. The molecule has 0 spiro atoms. The van der Waals surface area contributed by atoms with Crippen LogP contribution in [0.15, 0.2) is 71.7 Å². The molecule has 0 aliphatic rings. The normalized spacial score (nSPS) is 11.3. The first-order valence-electron chi connectivity index (χ1n) is 10.3. The molecule has 3 aromatic carbocycles. The van der Waals surface area contributed by atoms with E-state index in [0.29, 0.717) is 38.9 Å². The summed E-state index contributed by atoms with van der Waals surface area (Å²) in [6.07, 6.45) is 0. The van der Waals surface area contributed by atoms with Crippen LogP contribution in [0, 0.1) is 0 Å². The number of esters is 1. The molecule has 9 heteroatoms. The minimum atomic E-state index is -0.471. The van der Waals surface area contributed by atoms with E-state index in [2.05, 4.69) is 4.99 Å². The molecule has 174 valence electrons. The fourth-order valence-electron chi connectivity index (χ4n) is 3.30. The minimum absolute atomic E-state index is 0.116. The van der Waals surface area contributed by atoms with Crippen LogP contribution >= 0.6 is 11.3 Å². The summed E-state index contributed by atoms with van der Waals surface area (Å²) >= 11 is 1.26. The van der Waals surface area contributed by atoms with Gasteiger partial charge in [0.2, 0.25) is 0 Å². The number of aromatic nitrogens is 1. The van der Waals surface area contributed by atoms with Crippen molar-refractivity contribution in [2.45, 2.75) is 6.54 Å². The van der Waals surface area contributed by atoms with Gasteiger partial charge in [0, 0.05) is 17.7 Å². The van der Waals surface area contributed by atoms with Crippen LogP contribution in [0.2, 0.25) is 0 Å². The Morgan fingerprint density at radius 2 is 1.59 bits per heavy atom. The second-order valence-corrected chi connectivity index (χ2v) is 8.09. The molecule has 0 fully saturated rings. The Labute approximate surface area is 199 Å². The highest BCUT2D eigenvalue weighted by atomic mass is 32.1. The molecule has 8 nitrogen and oxygen atoms in total. The summed E-state index contributed by atoms with van der Waals surface area (Å²) < 4.78 is 23.8. The zero-order chi connectivity index (χ0) is 24.1. The molecule has 0 N–H and O–H groups in total. The molecule has 0 atom stereocenters. The van der Waals surface area contributed by atoms with Gasteiger partial charge in [0.25, 0.3) is 5.91 Å². The Balaban J connectivity index is 1.76. The molecule has 0 saturated heterocycles. The highest BCUT2D eigenvalue weighted by Crippen LogP contribution is 2.33. The summed E-state index contributed by atoms with van der Waals surface area (Å²) in [7, 11) is 4.38. The molecule has 0 unspecified atom stereocenters. The number of hydrogen-bond acceptors (Lipinski definition) is 7. The van der Waals surface area contributed by atoms with E-state index in [9.17, 15) is 9.59 Å². The summed E-state index contributed by atoms with van der Waals surface area (Å²) in [5.74, 6) is 1.26. The standard InChI is InChI=1S/C25H22N2O6S/c1-30-20-13-19-22(14-21(20)31-2)34-25(27(19)15-23(28)32-3)26-24(29)16-8-7-11-18(12-16)33-17-9-5-4-6-10-17/h4-14H,15H2,1-3H3. The molecule has 1 heterocycles. The molecule has 4 aromatic rings. The number of carbonyl (C=O) groups is 2. The summed E-state index contributed by atoms with van der Waals surface area (Å²) in [4.78, 5) is 29.8. The van der Waals surface area contributed by atoms with Crippen molar-refractivity contribution in [3.8, 4) is 23.0 Å². The molecule has 0 saturated carbocycles. The second kappa shape index (κ2) is 10.2. The van der Waals surface area contributed by atoms with Crippen molar-refractivity contribution >= 4 is 33.4 Å². The third-order valence-corrected chi connectivity index (χ3v) is 6.00. The molecule has 0 radical (unpaired) electrons. The molecule has 0 aliphatic heterocycles. The summed E-state index contributed by atoms with van der Waals surface area (Å²) in [5.41, 5.74) is 1.02. The van der Waals surface area contributed by atoms with E-state index in [-0.39, 0.29) is 6.54 Å². The van der Waals surface area contributed by atoms with Crippen molar-refractivity contribution in [2.75, 3.05) is 21.3 Å². The van der Waals surface area contributed by atoms with E-state index < -0.39 is 11.9 Å². The van der Waals surface area contributed by atoms with Crippen LogP contribution in [0.5, 0.6) is 23.0 Å². The third kappa shape index (κ3) is 4.94. The largest absolute Gasteiger partial charge is 0.493 e. The number of para-hydroxylation sites is 1. The Morgan fingerprint density at radius 3 is 2.29 bits per heavy atom. The highest BCUT2D eigenvalue weighted by molar-refractivity contribution is 7.16. The van der Waals surface area contributed by atoms with E-state index in [0.717, 1.165) is 4.70 Å². The van der Waals surface area contributed by atoms with E-state index in [1.165, 1.54) is 25.6 Å². The first-order valence-corrected chi connectivity index (χ1v) is 11.1. The maximum atomic E-state index is 13.1. The number of carbonyl (C=O) groups excluding carboxylic acids is 2. The summed E-state index contributed by atoms with van der Waals surface area (Å²) in [5, 5.41) is 0. The number of ether oxygens (including phenoxy) is 4. The average molecular weight is 479 g/mol. The number of methoxy groups -OCH3 is 3. The maximum Gasteiger partial charge on any atom is 0.325 e. The maximum absolute atomic E-state index is 13.1. The van der Waals surface area contributed by atoms with Crippen molar-refractivity contribution in [1.82, 2.24) is 4.57 Å². The monoisotopic (exact) mass is 478 g/mol. The zero-order valence-corrected chi connectivity index (χ0v) is 19.6. The van der Waals surface area contributed by atoms with Crippen LogP contribution < -0.4 is 19.0 Å². The molecule has 4 rings (SSSR count). The smallest absolute Gasteiger partial charge is 0.325 e. The van der Waals surface area contributed by atoms with Crippen molar-refractivity contribution < 1.29 is 28.5 Å². The van der Waals surface area contributed by atoms with Gasteiger partial charge in [-0.2, -0.15) is 4.99 Å². The van der Waals surface area contributed by atoms with Crippen LogP contribution in [0.1, 0.15) is 10.4 Å². The average Bonchev–Trinajstić information content (AvgIpc) is 3.19. The fourth-order valence-corrected chi connectivity index (χ4v) is 4.34. The Bertz CT molecular complexity index is 1410. The van der Waals surface area contributed by atoms with Crippen LogP contribution in [0.4, 0.5) is 0 Å². The van der Waals surface area contributed by atoms with Crippen molar-refractivity contribution in [3.05, 3.63) is 77.1 Å². The first-order chi connectivity index (χ1) is 16.5. The first kappa shape index (κ1) is 23.1. The van der Waals surface area contributed by atoms with Crippen molar-refractivity contribution in [3.63, 3.8) is 0 Å². The van der Waals surface area contributed by atoms with Gasteiger partial charge in [-0.15, -0.1) is 0 Å². The Morgan fingerprint density at radius 1 is 0.882 bits per heavy atom. The molecular weight excluding hydrogens is 456 g/mol. The van der Waals surface area contributed by atoms with Crippen molar-refractivity contribution in [1.29, 1.82) is 0 Å². The van der Waals surface area contributed by atoms with Crippen LogP contribution in [-0.4, -0.2) is 37.8 Å². The molecule has 1 aromatic heterocycles. The van der Waals surface area contributed by atoms with Gasteiger partial charge in [0.1, 0.15) is 18.0 Å². The number of hydrogen-bond donors (Lipinski definition) is 0. The van der Waals surface area contributed by atoms with Crippen LogP contribution in [0.25, 0.3) is 10.2 Å². The minimum Gasteiger partial charge on any atom is -0.493 e. The highest BCUT2D eigenvalue weighted by Gasteiger charge is 2.16. The molecule has 1 amide bonds. The molecular formula is C25H22N2O6S. The number of thiazole rings is 1. The quantitative estimate of drug-likeness (QED) is 0.365. The summed E-state index contributed by atoms with van der Waals surface area (Å²) in [6.45, 7) is -0.116. The van der Waals surface area contributed by atoms with Gasteiger partial charge in [-0.1, -0.05) is 35.6 Å². The lowest BCUT2D eigenvalue weighted by atomic mass is 10.2. The lowest BCUT2D eigenvalue weighted by Gasteiger charge is -2.09. The van der Waals surface area contributed by atoms with E-state index >= 15 is 0 Å². The van der Waals surface area contributed by atoms with Gasteiger partial charge in [0.15, 0.2) is 16.3 Å². The SMILES string of the molecule is COC(=O)Cn1c(=NC(=O)c2cccc(Oc3ccccc3)c2)sc2cc(OC)c(OC)cc21. The predicted octanol–water partition coefficient (Wildman–Crippen LogP) is 4.43. The van der Waals surface area contributed by atoms with E-state index in [4.69, 9.17) is 18.9 Å². The predicted molar refractivity (Wildman–Crippen MR) is 128 cm³/mol. The van der Waals surface area contributed by atoms with Gasteiger partial charge < -0.3 is 23.5 Å². The van der Waals surface area contributed by atoms with E-state index in [1.807, 2.05) is 30.3 Å². The molecule has 0 aliphatic carbocycles. The van der Waals surface area contributed by atoms with Gasteiger partial charge in [-0.3, -0.25) is 9.59 Å². The molecule has 0 bridgehead atoms. The van der Waals surface area contributed by atoms with Crippen LogP contribution in [-0.2, 0) is 16.1 Å². The fraction of sp³-hybridized carbons (Fsp3) is 0.160. The van der Waals surface area contributed by atoms with Gasteiger partial charge in [0.05, 0.1) is 31.5 Å². The number of rotatable bonds is 7. The number of benzene rings is 3. The second-order valence-electron chi connectivity index (χ2n) is 7.08. The number of amides is 1. The van der Waals surface area contributed by atoms with Gasteiger partial charge >= 0.3 is 5.97 Å². The van der Waals surface area contributed by atoms with E-state index in [1.54, 1.807) is 48.1 Å². The zero-order valence-electron chi connectivity index (χ0n) is 18.8. The summed E-state index contributed by atoms with van der Waals surface area (Å²) in [6, 6.07) is 19.6. The van der Waals surface area contributed by atoms with Crippen LogP contribution in [0.3, 0.4) is 0 Å². The number of nitrogens with zero attached hydrogens (tertiary/aromatic N) is 2. The molecule has 34 heavy (non-hydrogen) atoms. The topological polar surface area (TPSA) is 88.4 Å². The Hall–Kier alpha value is -4.11. The number of fused-ring (bicyclic) bond motifs is 1. The Kier molecular flexibility index (Phi) is 6.93. The van der Waals surface area contributed by atoms with Gasteiger partial charge in [-0.25, -0.2) is 0 Å². The van der Waals surface area contributed by atoms with Gasteiger partial charge in [-0.05, 0) is 30.3 Å². The van der Waals surface area contributed by atoms with Crippen molar-refractivity contribution in [2.24, 2.45) is 4.99 Å².